The number of rotatable bonds is 2. The molecule has 3 N–H and O–H groups in total. The summed E-state index contributed by atoms with van der Waals surface area (Å²) >= 11 is 0. The molecule has 0 aliphatic carbocycles. The van der Waals surface area contributed by atoms with Gasteiger partial charge >= 0.3 is 0 Å². The van der Waals surface area contributed by atoms with Crippen molar-refractivity contribution in [2.75, 3.05) is 50.0 Å². The molecule has 0 unspecified atom stereocenters. The van der Waals surface area contributed by atoms with Gasteiger partial charge in [-0.2, -0.15) is 0 Å². The fourth-order valence-corrected chi connectivity index (χ4v) is 3.14. The highest BCUT2D eigenvalue weighted by atomic mass is 16.5. The molecule has 8 heteroatoms. The van der Waals surface area contributed by atoms with Gasteiger partial charge in [0.2, 0.25) is 5.91 Å². The van der Waals surface area contributed by atoms with Crippen molar-refractivity contribution in [3.8, 4) is 0 Å². The third-order valence-corrected chi connectivity index (χ3v) is 4.38. The van der Waals surface area contributed by atoms with Crippen LogP contribution >= 0.6 is 0 Å². The van der Waals surface area contributed by atoms with Crippen LogP contribution in [0.15, 0.2) is 12.4 Å². The number of hydrogen-bond acceptors (Lipinski definition) is 7. The Kier molecular flexibility index (Phi) is 4.92. The van der Waals surface area contributed by atoms with Crippen LogP contribution in [0.1, 0.15) is 12.8 Å². The molecule has 8 nitrogen and oxygen atoms in total. The van der Waals surface area contributed by atoms with E-state index in [1.165, 1.54) is 6.33 Å². The van der Waals surface area contributed by atoms with Crippen molar-refractivity contribution < 1.29 is 14.6 Å². The average molecular weight is 321 g/mol. The van der Waals surface area contributed by atoms with Gasteiger partial charge in [0.15, 0.2) is 0 Å². The summed E-state index contributed by atoms with van der Waals surface area (Å²) in [5.74, 6) is 1.20. The number of hydrogen-bond donors (Lipinski definition) is 2. The monoisotopic (exact) mass is 321 g/mol. The summed E-state index contributed by atoms with van der Waals surface area (Å²) in [6.07, 6.45) is 2.32. The lowest BCUT2D eigenvalue weighted by molar-refractivity contribution is -0.139. The van der Waals surface area contributed by atoms with Crippen LogP contribution in [0.5, 0.6) is 0 Å². The maximum Gasteiger partial charge on any atom is 0.226 e. The summed E-state index contributed by atoms with van der Waals surface area (Å²) in [5, 5.41) is 10.3. The van der Waals surface area contributed by atoms with E-state index in [1.807, 2.05) is 4.90 Å². The van der Waals surface area contributed by atoms with Gasteiger partial charge in [-0.15, -0.1) is 0 Å². The van der Waals surface area contributed by atoms with E-state index >= 15 is 0 Å². The van der Waals surface area contributed by atoms with E-state index in [-0.39, 0.29) is 11.8 Å². The minimum Gasteiger partial charge on any atom is -0.389 e. The number of aliphatic hydroxyl groups is 1. The highest BCUT2D eigenvalue weighted by Gasteiger charge is 2.30. The van der Waals surface area contributed by atoms with E-state index in [1.54, 1.807) is 11.0 Å². The second-order valence-corrected chi connectivity index (χ2v) is 6.07. The van der Waals surface area contributed by atoms with Crippen LogP contribution in [0, 0.1) is 5.92 Å². The van der Waals surface area contributed by atoms with Crippen LogP contribution in [-0.4, -0.2) is 71.4 Å². The molecule has 2 saturated heterocycles. The molecular weight excluding hydrogens is 298 g/mol. The molecular formula is C15H23N5O3. The van der Waals surface area contributed by atoms with Crippen LogP contribution in [0.2, 0.25) is 0 Å². The van der Waals surface area contributed by atoms with Crippen LogP contribution in [-0.2, 0) is 9.53 Å². The fourth-order valence-electron chi connectivity index (χ4n) is 3.14. The molecule has 2 aliphatic heterocycles. The first-order chi connectivity index (χ1) is 11.1. The van der Waals surface area contributed by atoms with Gasteiger partial charge in [0, 0.05) is 51.4 Å². The highest BCUT2D eigenvalue weighted by Crippen LogP contribution is 2.20. The van der Waals surface area contributed by atoms with Gasteiger partial charge in [0.1, 0.15) is 18.0 Å². The molecule has 1 aromatic rings. The zero-order valence-corrected chi connectivity index (χ0v) is 13.1. The van der Waals surface area contributed by atoms with Crippen molar-refractivity contribution in [1.29, 1.82) is 0 Å². The molecule has 1 aromatic heterocycles. The van der Waals surface area contributed by atoms with Gasteiger partial charge < -0.3 is 25.4 Å². The number of nitrogens with two attached hydrogens (primary N) is 1. The van der Waals surface area contributed by atoms with Crippen LogP contribution in [0.4, 0.5) is 11.6 Å². The number of amides is 1. The Balaban J connectivity index is 1.66. The van der Waals surface area contributed by atoms with E-state index < -0.39 is 6.10 Å². The number of nitrogens with zero attached hydrogens (tertiary/aromatic N) is 4. The predicted octanol–water partition coefficient (Wildman–Crippen LogP) is -0.505. The fraction of sp³-hybridized carbons (Fsp3) is 0.667. The second-order valence-electron chi connectivity index (χ2n) is 6.07. The summed E-state index contributed by atoms with van der Waals surface area (Å²) in [6, 6.07) is 1.68. The van der Waals surface area contributed by atoms with Gasteiger partial charge in [0.25, 0.3) is 0 Å². The van der Waals surface area contributed by atoms with Gasteiger partial charge in [-0.25, -0.2) is 9.97 Å². The summed E-state index contributed by atoms with van der Waals surface area (Å²) < 4.78 is 5.31. The number of nitrogen functional groups attached to an aromatic ring is 1. The zero-order valence-electron chi connectivity index (χ0n) is 13.1. The van der Waals surface area contributed by atoms with E-state index in [0.717, 1.165) is 12.8 Å². The Bertz CT molecular complexity index is 550. The molecule has 1 amide bonds. The lowest BCUT2D eigenvalue weighted by Crippen LogP contribution is -2.42. The Hall–Kier alpha value is -1.93. The van der Waals surface area contributed by atoms with E-state index in [9.17, 15) is 9.90 Å². The van der Waals surface area contributed by atoms with E-state index in [2.05, 4.69) is 9.97 Å². The van der Waals surface area contributed by atoms with Crippen LogP contribution in [0.25, 0.3) is 0 Å². The smallest absolute Gasteiger partial charge is 0.226 e. The van der Waals surface area contributed by atoms with Crippen molar-refractivity contribution in [1.82, 2.24) is 14.9 Å². The van der Waals surface area contributed by atoms with Gasteiger partial charge in [-0.3, -0.25) is 4.79 Å². The summed E-state index contributed by atoms with van der Waals surface area (Å²) in [5.41, 5.74) is 5.70. The van der Waals surface area contributed by atoms with E-state index in [4.69, 9.17) is 10.5 Å². The molecule has 0 saturated carbocycles. The molecule has 0 aromatic carbocycles. The molecule has 0 spiro atoms. The number of anilines is 2. The third-order valence-electron chi connectivity index (χ3n) is 4.38. The topological polar surface area (TPSA) is 105 Å². The summed E-state index contributed by atoms with van der Waals surface area (Å²) in [7, 11) is 0. The molecule has 2 aliphatic rings. The number of aromatic nitrogens is 2. The second kappa shape index (κ2) is 7.10. The Morgan fingerprint density at radius 2 is 2.04 bits per heavy atom. The average Bonchev–Trinajstić information content (AvgIpc) is 2.77. The molecule has 3 rings (SSSR count). The summed E-state index contributed by atoms with van der Waals surface area (Å²) in [6.45, 7) is 3.24. The first kappa shape index (κ1) is 15.9. The normalized spacial score (nSPS) is 23.6. The molecule has 23 heavy (non-hydrogen) atoms. The Labute approximate surface area is 135 Å². The first-order valence-corrected chi connectivity index (χ1v) is 8.00. The maximum atomic E-state index is 12.6. The van der Waals surface area contributed by atoms with Crippen LogP contribution in [0.3, 0.4) is 0 Å². The molecule has 2 fully saturated rings. The predicted molar refractivity (Wildman–Crippen MR) is 84.8 cm³/mol. The SMILES string of the molecule is Nc1cc(N2CCN(C(=O)C3CCOCC3)C[C@@H](O)C2)ncn1. The number of ether oxygens (including phenoxy) is 1. The molecule has 3 heterocycles. The third kappa shape index (κ3) is 3.89. The molecule has 126 valence electrons. The van der Waals surface area contributed by atoms with Crippen molar-refractivity contribution in [3.63, 3.8) is 0 Å². The number of β-amino-alcohol motifs (C(OH)–C–C–N with tert-alkyl or cyclic N) is 1. The minimum atomic E-state index is -0.613. The highest BCUT2D eigenvalue weighted by molar-refractivity contribution is 5.79. The lowest BCUT2D eigenvalue weighted by atomic mass is 9.98. The van der Waals surface area contributed by atoms with Crippen LogP contribution < -0.4 is 10.6 Å². The van der Waals surface area contributed by atoms with Crippen molar-refractivity contribution in [3.05, 3.63) is 12.4 Å². The number of aliphatic hydroxyl groups excluding tert-OH is 1. The molecule has 0 bridgehead atoms. The van der Waals surface area contributed by atoms with Gasteiger partial charge in [0.05, 0.1) is 6.10 Å². The zero-order chi connectivity index (χ0) is 16.2. The van der Waals surface area contributed by atoms with Crippen molar-refractivity contribution >= 4 is 17.5 Å². The first-order valence-electron chi connectivity index (χ1n) is 8.00. The quantitative estimate of drug-likeness (QED) is 0.756. The standard InChI is InChI=1S/C15H23N5O3/c16-13-7-14(18-10-17-13)19-3-4-20(9-12(21)8-19)15(22)11-1-5-23-6-2-11/h7,10-12,21H,1-6,8-9H2,(H2,16,17,18)/t12-/m0/s1. The van der Waals surface area contributed by atoms with Gasteiger partial charge in [-0.05, 0) is 12.8 Å². The molecule has 0 radical (unpaired) electrons. The van der Waals surface area contributed by atoms with Crippen molar-refractivity contribution in [2.45, 2.75) is 18.9 Å². The number of carbonyl (C=O) groups excluding carboxylic acids is 1. The number of carbonyl (C=O) groups is 1. The maximum absolute atomic E-state index is 12.6. The lowest BCUT2D eigenvalue weighted by Gasteiger charge is -2.29. The minimum absolute atomic E-state index is 0.0113. The Morgan fingerprint density at radius 1 is 1.26 bits per heavy atom. The Morgan fingerprint density at radius 3 is 2.78 bits per heavy atom. The summed E-state index contributed by atoms with van der Waals surface area (Å²) in [4.78, 5) is 24.4. The largest absolute Gasteiger partial charge is 0.389 e. The van der Waals surface area contributed by atoms with E-state index in [0.29, 0.717) is 51.0 Å². The van der Waals surface area contributed by atoms with Crippen molar-refractivity contribution in [2.24, 2.45) is 5.92 Å². The van der Waals surface area contributed by atoms with Gasteiger partial charge in [-0.1, -0.05) is 0 Å². The molecule has 1 atom stereocenters.